The maximum Gasteiger partial charge on any atom is 0.293 e. The van der Waals surface area contributed by atoms with Crippen LogP contribution in [0.2, 0.25) is 0 Å². The van der Waals surface area contributed by atoms with Crippen molar-refractivity contribution in [3.8, 4) is 11.5 Å². The minimum atomic E-state index is -0.193. The molecule has 3 aromatic rings. The summed E-state index contributed by atoms with van der Waals surface area (Å²) in [7, 11) is 1.61. The van der Waals surface area contributed by atoms with Crippen molar-refractivity contribution in [2.45, 2.75) is 38.7 Å². The molecule has 3 aromatic carbocycles. The highest BCUT2D eigenvalue weighted by molar-refractivity contribution is 14.1. The number of ether oxygens (including phenoxy) is 2. The first-order valence-corrected chi connectivity index (χ1v) is 14.1. The molecule has 0 aromatic heterocycles. The fourth-order valence-corrected chi connectivity index (χ4v) is 6.51. The summed E-state index contributed by atoms with van der Waals surface area (Å²) < 4.78 is 12.7. The fourth-order valence-electron chi connectivity index (χ4n) is 4.88. The fraction of sp³-hybridized carbons (Fsp3) is 0.310. The molecule has 0 radical (unpaired) electrons. The molecule has 186 valence electrons. The number of carbonyl (C=O) groups is 2. The molecule has 2 fully saturated rings. The molecular formula is C29H28INO4S. The van der Waals surface area contributed by atoms with Crippen molar-refractivity contribution < 1.29 is 19.1 Å². The Labute approximate surface area is 229 Å². The van der Waals surface area contributed by atoms with Gasteiger partial charge in [0.15, 0.2) is 11.5 Å². The van der Waals surface area contributed by atoms with E-state index in [9.17, 15) is 9.59 Å². The van der Waals surface area contributed by atoms with Gasteiger partial charge in [0, 0.05) is 6.54 Å². The first kappa shape index (κ1) is 25.1. The van der Waals surface area contributed by atoms with Gasteiger partial charge >= 0.3 is 0 Å². The van der Waals surface area contributed by atoms with Gasteiger partial charge in [0.2, 0.25) is 0 Å². The summed E-state index contributed by atoms with van der Waals surface area (Å²) in [5.74, 6) is 1.48. The summed E-state index contributed by atoms with van der Waals surface area (Å²) >= 11 is 3.25. The lowest BCUT2D eigenvalue weighted by molar-refractivity contribution is -0.123. The van der Waals surface area contributed by atoms with Crippen LogP contribution in [-0.4, -0.2) is 29.7 Å². The van der Waals surface area contributed by atoms with Crippen LogP contribution in [0.4, 0.5) is 4.79 Å². The standard InChI is InChI=1S/C29H28INO4S/c1-34-25-15-21(16-26-28(32)31(29(33)36-26)17-19-7-3-2-4-8-19)14-24(30)27(25)35-18-20-11-12-22-9-5-6-10-23(22)13-20/h5-6,9-16,19H,2-4,7-8,17-18H2,1H3/b26-16+. The molecule has 36 heavy (non-hydrogen) atoms. The lowest BCUT2D eigenvalue weighted by atomic mass is 9.89. The molecule has 1 saturated heterocycles. The van der Waals surface area contributed by atoms with E-state index in [4.69, 9.17) is 9.47 Å². The summed E-state index contributed by atoms with van der Waals surface area (Å²) in [6.07, 6.45) is 7.59. The summed E-state index contributed by atoms with van der Waals surface area (Å²) in [6, 6.07) is 18.4. The highest BCUT2D eigenvalue weighted by Gasteiger charge is 2.36. The van der Waals surface area contributed by atoms with Crippen molar-refractivity contribution in [1.29, 1.82) is 0 Å². The number of methoxy groups -OCH3 is 1. The van der Waals surface area contributed by atoms with Crippen LogP contribution in [0.15, 0.2) is 59.5 Å². The van der Waals surface area contributed by atoms with Crippen LogP contribution in [-0.2, 0) is 11.4 Å². The zero-order valence-electron chi connectivity index (χ0n) is 20.2. The first-order chi connectivity index (χ1) is 17.5. The van der Waals surface area contributed by atoms with Gasteiger partial charge in [-0.25, -0.2) is 0 Å². The third-order valence-electron chi connectivity index (χ3n) is 6.79. The number of nitrogens with zero attached hydrogens (tertiary/aromatic N) is 1. The molecular weight excluding hydrogens is 585 g/mol. The van der Waals surface area contributed by atoms with E-state index in [-0.39, 0.29) is 11.1 Å². The van der Waals surface area contributed by atoms with Gasteiger partial charge in [-0.2, -0.15) is 0 Å². The van der Waals surface area contributed by atoms with Gasteiger partial charge in [-0.3, -0.25) is 14.5 Å². The number of carbonyl (C=O) groups excluding carboxylic acids is 2. The molecule has 2 aliphatic rings. The average molecular weight is 614 g/mol. The molecule has 0 bridgehead atoms. The lowest BCUT2D eigenvalue weighted by Gasteiger charge is -2.25. The van der Waals surface area contributed by atoms with E-state index in [0.717, 1.165) is 39.3 Å². The highest BCUT2D eigenvalue weighted by Crippen LogP contribution is 2.38. The summed E-state index contributed by atoms with van der Waals surface area (Å²) in [5.41, 5.74) is 1.87. The molecule has 0 atom stereocenters. The normalized spacial score (nSPS) is 17.8. The molecule has 0 spiro atoms. The number of hydrogen-bond donors (Lipinski definition) is 0. The van der Waals surface area contributed by atoms with E-state index in [1.54, 1.807) is 13.2 Å². The summed E-state index contributed by atoms with van der Waals surface area (Å²) in [6.45, 7) is 0.945. The first-order valence-electron chi connectivity index (χ1n) is 12.2. The SMILES string of the molecule is COc1cc(/C=C2/SC(=O)N(CC3CCCCC3)C2=O)cc(I)c1OCc1ccc2ccccc2c1. The van der Waals surface area contributed by atoms with E-state index in [2.05, 4.69) is 52.9 Å². The zero-order chi connectivity index (χ0) is 25.1. The van der Waals surface area contributed by atoms with Crippen LogP contribution in [0, 0.1) is 9.49 Å². The zero-order valence-corrected chi connectivity index (χ0v) is 23.1. The van der Waals surface area contributed by atoms with Crippen LogP contribution >= 0.6 is 34.4 Å². The van der Waals surface area contributed by atoms with Gasteiger partial charge in [-0.15, -0.1) is 0 Å². The van der Waals surface area contributed by atoms with Gasteiger partial charge < -0.3 is 9.47 Å². The number of hydrogen-bond acceptors (Lipinski definition) is 5. The van der Waals surface area contributed by atoms with Crippen molar-refractivity contribution >= 4 is 62.3 Å². The summed E-state index contributed by atoms with van der Waals surface area (Å²) in [5, 5.41) is 2.20. The highest BCUT2D eigenvalue weighted by atomic mass is 127. The Morgan fingerprint density at radius 2 is 1.81 bits per heavy atom. The van der Waals surface area contributed by atoms with Crippen molar-refractivity contribution in [3.05, 3.63) is 74.2 Å². The maximum atomic E-state index is 13.0. The van der Waals surface area contributed by atoms with Gasteiger partial charge in [-0.05, 0) is 99.3 Å². The number of halogens is 1. The third kappa shape index (κ3) is 5.57. The molecule has 7 heteroatoms. The van der Waals surface area contributed by atoms with Gasteiger partial charge in [0.1, 0.15) is 6.61 Å². The van der Waals surface area contributed by atoms with E-state index in [1.807, 2.05) is 24.3 Å². The molecule has 0 N–H and O–H groups in total. The van der Waals surface area contributed by atoms with Gasteiger partial charge in [0.25, 0.3) is 11.1 Å². The molecule has 1 heterocycles. The number of rotatable bonds is 7. The van der Waals surface area contributed by atoms with Crippen LogP contribution in [0.1, 0.15) is 43.2 Å². The van der Waals surface area contributed by atoms with Crippen molar-refractivity contribution in [1.82, 2.24) is 4.90 Å². The lowest BCUT2D eigenvalue weighted by Crippen LogP contribution is -2.34. The van der Waals surface area contributed by atoms with Gasteiger partial charge in [0.05, 0.1) is 15.6 Å². The van der Waals surface area contributed by atoms with Crippen molar-refractivity contribution in [2.75, 3.05) is 13.7 Å². The second-order valence-electron chi connectivity index (χ2n) is 9.30. The smallest absolute Gasteiger partial charge is 0.293 e. The van der Waals surface area contributed by atoms with E-state index in [1.165, 1.54) is 34.9 Å². The Hall–Kier alpha value is -2.52. The van der Waals surface area contributed by atoms with Crippen molar-refractivity contribution in [2.24, 2.45) is 5.92 Å². The van der Waals surface area contributed by atoms with E-state index >= 15 is 0 Å². The number of fused-ring (bicyclic) bond motifs is 1. The van der Waals surface area contributed by atoms with E-state index in [0.29, 0.717) is 35.5 Å². The predicted molar refractivity (Wildman–Crippen MR) is 153 cm³/mol. The van der Waals surface area contributed by atoms with Crippen molar-refractivity contribution in [3.63, 3.8) is 0 Å². The number of amides is 2. The maximum absolute atomic E-state index is 13.0. The predicted octanol–water partition coefficient (Wildman–Crippen LogP) is 7.65. The minimum absolute atomic E-state index is 0.172. The van der Waals surface area contributed by atoms with Crippen LogP contribution in [0.5, 0.6) is 11.5 Å². The molecule has 1 saturated carbocycles. The number of imide groups is 1. The Balaban J connectivity index is 1.31. The van der Waals surface area contributed by atoms with Crippen LogP contribution in [0.25, 0.3) is 16.8 Å². The molecule has 5 rings (SSSR count). The largest absolute Gasteiger partial charge is 0.493 e. The second-order valence-corrected chi connectivity index (χ2v) is 11.5. The van der Waals surface area contributed by atoms with Crippen LogP contribution in [0.3, 0.4) is 0 Å². The molecule has 0 unspecified atom stereocenters. The summed E-state index contributed by atoms with van der Waals surface area (Å²) in [4.78, 5) is 27.5. The molecule has 5 nitrogen and oxygen atoms in total. The van der Waals surface area contributed by atoms with Crippen LogP contribution < -0.4 is 9.47 Å². The average Bonchev–Trinajstić information content (AvgIpc) is 3.15. The number of thioether (sulfide) groups is 1. The topological polar surface area (TPSA) is 55.8 Å². The van der Waals surface area contributed by atoms with Gasteiger partial charge in [-0.1, -0.05) is 55.7 Å². The Kier molecular flexibility index (Phi) is 7.86. The molecule has 1 aliphatic heterocycles. The third-order valence-corrected chi connectivity index (χ3v) is 8.49. The minimum Gasteiger partial charge on any atom is -0.493 e. The Bertz CT molecular complexity index is 1330. The Morgan fingerprint density at radius 1 is 1.03 bits per heavy atom. The molecule has 2 amide bonds. The number of benzene rings is 3. The van der Waals surface area contributed by atoms with E-state index < -0.39 is 0 Å². The molecule has 1 aliphatic carbocycles. The second kappa shape index (κ2) is 11.3. The quantitative estimate of drug-likeness (QED) is 0.203. The monoisotopic (exact) mass is 613 g/mol. The Morgan fingerprint density at radius 3 is 2.58 bits per heavy atom.